The van der Waals surface area contributed by atoms with Crippen molar-refractivity contribution in [3.8, 4) is 17.0 Å². The zero-order chi connectivity index (χ0) is 11.7. The molecule has 88 valence electrons. The molecular formula is C14H16N2O. The number of nitrogens with one attached hydrogen (secondary N) is 2. The Morgan fingerprint density at radius 1 is 1.24 bits per heavy atom. The van der Waals surface area contributed by atoms with E-state index < -0.39 is 0 Å². The third kappa shape index (κ3) is 1.94. The van der Waals surface area contributed by atoms with Gasteiger partial charge >= 0.3 is 0 Å². The lowest BCUT2D eigenvalue weighted by atomic mass is 10.1. The lowest BCUT2D eigenvalue weighted by Crippen LogP contribution is -2.22. The molecule has 0 bridgehead atoms. The third-order valence-electron chi connectivity index (χ3n) is 3.25. The molecule has 1 aromatic heterocycles. The molecule has 1 aliphatic heterocycles. The second-order valence-electron chi connectivity index (χ2n) is 4.35. The van der Waals surface area contributed by atoms with Gasteiger partial charge in [0.1, 0.15) is 5.75 Å². The van der Waals surface area contributed by atoms with Gasteiger partial charge in [-0.05, 0) is 36.7 Å². The average molecular weight is 228 g/mol. The van der Waals surface area contributed by atoms with Gasteiger partial charge in [-0.15, -0.1) is 0 Å². The topological polar surface area (TPSA) is 37.0 Å². The molecule has 0 unspecified atom stereocenters. The smallest absolute Gasteiger partial charge is 0.119 e. The van der Waals surface area contributed by atoms with Crippen LogP contribution in [0.1, 0.15) is 11.3 Å². The molecule has 0 atom stereocenters. The van der Waals surface area contributed by atoms with Crippen LogP contribution in [-0.4, -0.2) is 18.6 Å². The fourth-order valence-corrected chi connectivity index (χ4v) is 2.30. The Hall–Kier alpha value is -1.74. The highest BCUT2D eigenvalue weighted by Crippen LogP contribution is 2.26. The maximum absolute atomic E-state index is 5.25. The molecule has 3 heteroatoms. The van der Waals surface area contributed by atoms with Gasteiger partial charge in [-0.2, -0.15) is 0 Å². The molecule has 0 saturated carbocycles. The molecule has 17 heavy (non-hydrogen) atoms. The van der Waals surface area contributed by atoms with Crippen molar-refractivity contribution >= 4 is 0 Å². The summed E-state index contributed by atoms with van der Waals surface area (Å²) in [6, 6.07) is 10.4. The van der Waals surface area contributed by atoms with Crippen LogP contribution in [0.5, 0.6) is 5.75 Å². The Morgan fingerprint density at radius 2 is 2.18 bits per heavy atom. The predicted molar refractivity (Wildman–Crippen MR) is 68.2 cm³/mol. The number of methoxy groups -OCH3 is 1. The summed E-state index contributed by atoms with van der Waals surface area (Å²) in [6.07, 6.45) is 1.11. The molecule has 0 aliphatic carbocycles. The number of aromatic nitrogens is 1. The van der Waals surface area contributed by atoms with Crippen molar-refractivity contribution in [3.05, 3.63) is 41.6 Å². The minimum atomic E-state index is 0.896. The van der Waals surface area contributed by atoms with Crippen molar-refractivity contribution in [1.82, 2.24) is 10.3 Å². The van der Waals surface area contributed by atoms with Gasteiger partial charge < -0.3 is 15.0 Å². The summed E-state index contributed by atoms with van der Waals surface area (Å²) >= 11 is 0. The van der Waals surface area contributed by atoms with Gasteiger partial charge in [0.2, 0.25) is 0 Å². The van der Waals surface area contributed by atoms with Crippen LogP contribution in [0.3, 0.4) is 0 Å². The molecule has 3 nitrogen and oxygen atoms in total. The number of rotatable bonds is 2. The molecule has 0 saturated heterocycles. The van der Waals surface area contributed by atoms with Crippen molar-refractivity contribution in [1.29, 1.82) is 0 Å². The quantitative estimate of drug-likeness (QED) is 0.827. The van der Waals surface area contributed by atoms with Crippen LogP contribution in [0.4, 0.5) is 0 Å². The van der Waals surface area contributed by atoms with E-state index in [0.29, 0.717) is 0 Å². The maximum atomic E-state index is 5.25. The first kappa shape index (κ1) is 10.4. The van der Waals surface area contributed by atoms with E-state index in [0.717, 1.165) is 25.3 Å². The van der Waals surface area contributed by atoms with Crippen LogP contribution < -0.4 is 10.1 Å². The lowest BCUT2D eigenvalue weighted by Gasteiger charge is -2.11. The highest BCUT2D eigenvalue weighted by molar-refractivity contribution is 5.63. The Bertz CT molecular complexity index is 507. The van der Waals surface area contributed by atoms with Gasteiger partial charge in [0.25, 0.3) is 0 Å². The van der Waals surface area contributed by atoms with E-state index in [-0.39, 0.29) is 0 Å². The zero-order valence-electron chi connectivity index (χ0n) is 9.92. The van der Waals surface area contributed by atoms with E-state index in [1.165, 1.54) is 22.5 Å². The van der Waals surface area contributed by atoms with Crippen LogP contribution in [0.2, 0.25) is 0 Å². The van der Waals surface area contributed by atoms with Gasteiger partial charge in [-0.25, -0.2) is 0 Å². The number of benzene rings is 1. The maximum Gasteiger partial charge on any atom is 0.119 e. The van der Waals surface area contributed by atoms with Gasteiger partial charge in [-0.1, -0.05) is 12.1 Å². The number of fused-ring (bicyclic) bond motifs is 1. The summed E-state index contributed by atoms with van der Waals surface area (Å²) in [5.74, 6) is 0.896. The summed E-state index contributed by atoms with van der Waals surface area (Å²) in [5, 5.41) is 3.37. The molecule has 2 aromatic rings. The second-order valence-corrected chi connectivity index (χ2v) is 4.35. The highest BCUT2D eigenvalue weighted by Gasteiger charge is 2.12. The minimum Gasteiger partial charge on any atom is -0.497 e. The van der Waals surface area contributed by atoms with Crippen molar-refractivity contribution in [2.45, 2.75) is 13.0 Å². The van der Waals surface area contributed by atoms with Crippen LogP contribution >= 0.6 is 0 Å². The number of aromatic amines is 1. The Labute approximate surface area is 101 Å². The Balaban J connectivity index is 2.00. The van der Waals surface area contributed by atoms with Crippen molar-refractivity contribution in [3.63, 3.8) is 0 Å². The van der Waals surface area contributed by atoms with E-state index >= 15 is 0 Å². The van der Waals surface area contributed by atoms with Gasteiger partial charge in [-0.3, -0.25) is 0 Å². The molecule has 3 rings (SSSR count). The molecule has 2 N–H and O–H groups in total. The Kier molecular flexibility index (Phi) is 2.61. The van der Waals surface area contributed by atoms with E-state index in [1.54, 1.807) is 7.11 Å². The standard InChI is InChI=1S/C14H16N2O/c1-17-12-4-2-3-10(7-12)13-8-11-5-6-15-9-14(11)16-13/h2-4,7-8,15-16H,5-6,9H2,1H3. The molecule has 0 amide bonds. The highest BCUT2D eigenvalue weighted by atomic mass is 16.5. The van der Waals surface area contributed by atoms with Gasteiger partial charge in [0.05, 0.1) is 7.11 Å². The molecule has 1 aliphatic rings. The average Bonchev–Trinajstić information content (AvgIpc) is 2.82. The van der Waals surface area contributed by atoms with E-state index in [1.807, 2.05) is 12.1 Å². The molecule has 0 spiro atoms. The monoisotopic (exact) mass is 228 g/mol. The van der Waals surface area contributed by atoms with Gasteiger partial charge in [0, 0.05) is 23.5 Å². The summed E-state index contributed by atoms with van der Waals surface area (Å²) < 4.78 is 5.25. The first-order chi connectivity index (χ1) is 8.36. The summed E-state index contributed by atoms with van der Waals surface area (Å²) in [7, 11) is 1.70. The molecule has 2 heterocycles. The van der Waals surface area contributed by atoms with Crippen LogP contribution in [0, 0.1) is 0 Å². The number of hydrogen-bond acceptors (Lipinski definition) is 2. The van der Waals surface area contributed by atoms with E-state index in [2.05, 4.69) is 28.5 Å². The molecule has 0 radical (unpaired) electrons. The Morgan fingerprint density at radius 3 is 3.00 bits per heavy atom. The molecular weight excluding hydrogens is 212 g/mol. The zero-order valence-corrected chi connectivity index (χ0v) is 9.92. The van der Waals surface area contributed by atoms with Gasteiger partial charge in [0.15, 0.2) is 0 Å². The van der Waals surface area contributed by atoms with Crippen molar-refractivity contribution in [2.24, 2.45) is 0 Å². The van der Waals surface area contributed by atoms with E-state index in [4.69, 9.17) is 4.74 Å². The predicted octanol–water partition coefficient (Wildman–Crippen LogP) is 2.34. The largest absolute Gasteiger partial charge is 0.497 e. The lowest BCUT2D eigenvalue weighted by molar-refractivity contribution is 0.415. The molecule has 1 aromatic carbocycles. The fourth-order valence-electron chi connectivity index (χ4n) is 2.30. The van der Waals surface area contributed by atoms with Crippen LogP contribution in [0.25, 0.3) is 11.3 Å². The summed E-state index contributed by atoms with van der Waals surface area (Å²) in [6.45, 7) is 2.02. The minimum absolute atomic E-state index is 0.896. The number of ether oxygens (including phenoxy) is 1. The van der Waals surface area contributed by atoms with Crippen molar-refractivity contribution < 1.29 is 4.74 Å². The third-order valence-corrected chi connectivity index (χ3v) is 3.25. The summed E-state index contributed by atoms with van der Waals surface area (Å²) in [5.41, 5.74) is 5.10. The first-order valence-electron chi connectivity index (χ1n) is 5.93. The number of H-pyrrole nitrogens is 1. The van der Waals surface area contributed by atoms with Crippen LogP contribution in [0.15, 0.2) is 30.3 Å². The SMILES string of the molecule is COc1cccc(-c2cc3c([nH]2)CNCC3)c1. The van der Waals surface area contributed by atoms with Crippen molar-refractivity contribution in [2.75, 3.05) is 13.7 Å². The first-order valence-corrected chi connectivity index (χ1v) is 5.93. The summed E-state index contributed by atoms with van der Waals surface area (Å²) in [4.78, 5) is 3.48. The number of hydrogen-bond donors (Lipinski definition) is 2. The van der Waals surface area contributed by atoms with E-state index in [9.17, 15) is 0 Å². The normalized spacial score (nSPS) is 14.4. The molecule has 0 fully saturated rings. The fraction of sp³-hybridized carbons (Fsp3) is 0.286. The van der Waals surface area contributed by atoms with Crippen LogP contribution in [-0.2, 0) is 13.0 Å². The second kappa shape index (κ2) is 4.26.